The van der Waals surface area contributed by atoms with Crippen molar-refractivity contribution in [3.8, 4) is 5.75 Å². The van der Waals surface area contributed by atoms with Gasteiger partial charge in [0.05, 0.1) is 19.4 Å². The third kappa shape index (κ3) is 5.70. The molecule has 0 radical (unpaired) electrons. The molecule has 124 valence electrons. The lowest BCUT2D eigenvalue weighted by molar-refractivity contribution is 0.202. The summed E-state index contributed by atoms with van der Waals surface area (Å²) in [6, 6.07) is 11.3. The minimum absolute atomic E-state index is 0.137. The summed E-state index contributed by atoms with van der Waals surface area (Å²) >= 11 is 0. The zero-order chi connectivity index (χ0) is 16.7. The standard InChI is InChI=1S/C18H24N2O3/c1-14(2)13-23-16-8-6-15(7-9-16)11-19-18(21)20(3)12-17-5-4-10-22-17/h4-10,14H,11-13H2,1-3H3,(H,19,21). The Labute approximate surface area is 137 Å². The summed E-state index contributed by atoms with van der Waals surface area (Å²) in [6.07, 6.45) is 1.60. The van der Waals surface area contributed by atoms with Crippen molar-refractivity contribution in [1.82, 2.24) is 10.2 Å². The van der Waals surface area contributed by atoms with E-state index in [0.29, 0.717) is 25.6 Å². The summed E-state index contributed by atoms with van der Waals surface area (Å²) in [7, 11) is 1.74. The largest absolute Gasteiger partial charge is 0.493 e. The third-order valence-corrected chi connectivity index (χ3v) is 3.27. The van der Waals surface area contributed by atoms with Crippen molar-refractivity contribution in [1.29, 1.82) is 0 Å². The van der Waals surface area contributed by atoms with E-state index in [2.05, 4.69) is 19.2 Å². The lowest BCUT2D eigenvalue weighted by Gasteiger charge is -2.16. The smallest absolute Gasteiger partial charge is 0.317 e. The van der Waals surface area contributed by atoms with Gasteiger partial charge in [-0.3, -0.25) is 0 Å². The molecular weight excluding hydrogens is 292 g/mol. The van der Waals surface area contributed by atoms with Gasteiger partial charge >= 0.3 is 6.03 Å². The van der Waals surface area contributed by atoms with Crippen LogP contribution >= 0.6 is 0 Å². The van der Waals surface area contributed by atoms with Crippen LogP contribution in [0.3, 0.4) is 0 Å². The SMILES string of the molecule is CC(C)COc1ccc(CNC(=O)N(C)Cc2ccco2)cc1. The van der Waals surface area contributed by atoms with Crippen molar-refractivity contribution in [2.75, 3.05) is 13.7 Å². The molecule has 0 saturated heterocycles. The zero-order valence-corrected chi connectivity index (χ0v) is 13.9. The van der Waals surface area contributed by atoms with Gasteiger partial charge in [0.25, 0.3) is 0 Å². The Morgan fingerprint density at radius 3 is 2.61 bits per heavy atom. The van der Waals surface area contributed by atoms with E-state index in [0.717, 1.165) is 17.1 Å². The fraction of sp³-hybridized carbons (Fsp3) is 0.389. The Bertz CT molecular complexity index is 591. The highest BCUT2D eigenvalue weighted by Gasteiger charge is 2.10. The molecule has 1 N–H and O–H groups in total. The van der Waals surface area contributed by atoms with Gasteiger partial charge in [0.15, 0.2) is 0 Å². The van der Waals surface area contributed by atoms with E-state index >= 15 is 0 Å². The van der Waals surface area contributed by atoms with Gasteiger partial charge in [0.1, 0.15) is 11.5 Å². The molecule has 0 fully saturated rings. The fourth-order valence-corrected chi connectivity index (χ4v) is 1.99. The summed E-state index contributed by atoms with van der Waals surface area (Å²) in [5, 5.41) is 2.89. The van der Waals surface area contributed by atoms with Gasteiger partial charge in [-0.15, -0.1) is 0 Å². The first kappa shape index (κ1) is 16.9. The van der Waals surface area contributed by atoms with Crippen LogP contribution in [0, 0.1) is 5.92 Å². The highest BCUT2D eigenvalue weighted by atomic mass is 16.5. The lowest BCUT2D eigenvalue weighted by atomic mass is 10.2. The van der Waals surface area contributed by atoms with Crippen LogP contribution in [0.15, 0.2) is 47.1 Å². The number of hydrogen-bond acceptors (Lipinski definition) is 3. The number of amides is 2. The fourth-order valence-electron chi connectivity index (χ4n) is 1.99. The number of nitrogens with one attached hydrogen (secondary N) is 1. The first-order valence-corrected chi connectivity index (χ1v) is 7.77. The average molecular weight is 316 g/mol. The van der Waals surface area contributed by atoms with Crippen LogP contribution in [0.1, 0.15) is 25.2 Å². The quantitative estimate of drug-likeness (QED) is 0.848. The second-order valence-electron chi connectivity index (χ2n) is 5.94. The lowest BCUT2D eigenvalue weighted by Crippen LogP contribution is -2.36. The molecule has 1 heterocycles. The molecule has 0 saturated carbocycles. The molecule has 2 amide bonds. The molecule has 0 aliphatic heterocycles. The Hall–Kier alpha value is -2.43. The van der Waals surface area contributed by atoms with Crippen LogP contribution in [0.4, 0.5) is 4.79 Å². The predicted molar refractivity (Wildman–Crippen MR) is 89.2 cm³/mol. The second kappa shape index (κ2) is 8.27. The molecule has 0 aliphatic rings. The third-order valence-electron chi connectivity index (χ3n) is 3.27. The molecule has 0 unspecified atom stereocenters. The molecule has 1 aromatic carbocycles. The van der Waals surface area contributed by atoms with Crippen molar-refractivity contribution in [2.45, 2.75) is 26.9 Å². The molecular formula is C18H24N2O3. The molecule has 2 rings (SSSR count). The van der Waals surface area contributed by atoms with Crippen LogP contribution in [0.5, 0.6) is 5.75 Å². The summed E-state index contributed by atoms with van der Waals surface area (Å²) in [6.45, 7) is 5.85. The highest BCUT2D eigenvalue weighted by molar-refractivity contribution is 5.73. The van der Waals surface area contributed by atoms with E-state index < -0.39 is 0 Å². The van der Waals surface area contributed by atoms with Crippen LogP contribution in [0.2, 0.25) is 0 Å². The average Bonchev–Trinajstić information content (AvgIpc) is 3.04. The van der Waals surface area contributed by atoms with Gasteiger partial charge < -0.3 is 19.4 Å². The molecule has 0 aliphatic carbocycles. The summed E-state index contributed by atoms with van der Waals surface area (Å²) in [4.78, 5) is 13.6. The number of benzene rings is 1. The van der Waals surface area contributed by atoms with Crippen molar-refractivity contribution in [3.63, 3.8) is 0 Å². The molecule has 5 heteroatoms. The number of carbonyl (C=O) groups excluding carboxylic acids is 1. The van der Waals surface area contributed by atoms with Crippen LogP contribution in [-0.4, -0.2) is 24.6 Å². The van der Waals surface area contributed by atoms with Crippen molar-refractivity contribution >= 4 is 6.03 Å². The first-order valence-electron chi connectivity index (χ1n) is 7.77. The highest BCUT2D eigenvalue weighted by Crippen LogP contribution is 2.13. The summed E-state index contributed by atoms with van der Waals surface area (Å²) < 4.78 is 10.9. The minimum Gasteiger partial charge on any atom is -0.493 e. The summed E-state index contributed by atoms with van der Waals surface area (Å²) in [5.74, 6) is 2.11. The molecule has 0 atom stereocenters. The number of hydrogen-bond donors (Lipinski definition) is 1. The minimum atomic E-state index is -0.137. The number of ether oxygens (including phenoxy) is 1. The van der Waals surface area contributed by atoms with E-state index in [1.54, 1.807) is 18.2 Å². The van der Waals surface area contributed by atoms with E-state index in [1.807, 2.05) is 36.4 Å². The number of furan rings is 1. The van der Waals surface area contributed by atoms with Gasteiger partial charge in [0, 0.05) is 13.6 Å². The van der Waals surface area contributed by atoms with Gasteiger partial charge in [-0.2, -0.15) is 0 Å². The Morgan fingerprint density at radius 1 is 1.26 bits per heavy atom. The number of rotatable bonds is 7. The molecule has 0 bridgehead atoms. The number of carbonyl (C=O) groups is 1. The normalized spacial score (nSPS) is 10.6. The van der Waals surface area contributed by atoms with Crippen molar-refractivity contribution < 1.29 is 13.9 Å². The number of urea groups is 1. The molecule has 2 aromatic rings. The Balaban J connectivity index is 1.77. The topological polar surface area (TPSA) is 54.7 Å². The molecule has 23 heavy (non-hydrogen) atoms. The van der Waals surface area contributed by atoms with E-state index in [4.69, 9.17) is 9.15 Å². The van der Waals surface area contributed by atoms with Crippen molar-refractivity contribution in [3.05, 3.63) is 54.0 Å². The number of nitrogens with zero attached hydrogens (tertiary/aromatic N) is 1. The van der Waals surface area contributed by atoms with Crippen LogP contribution < -0.4 is 10.1 Å². The van der Waals surface area contributed by atoms with E-state index in [-0.39, 0.29) is 6.03 Å². The maximum atomic E-state index is 12.0. The Morgan fingerprint density at radius 2 is 2.00 bits per heavy atom. The van der Waals surface area contributed by atoms with Gasteiger partial charge in [-0.05, 0) is 35.7 Å². The van der Waals surface area contributed by atoms with Crippen LogP contribution in [-0.2, 0) is 13.1 Å². The second-order valence-corrected chi connectivity index (χ2v) is 5.94. The molecule has 0 spiro atoms. The maximum Gasteiger partial charge on any atom is 0.317 e. The zero-order valence-electron chi connectivity index (χ0n) is 13.9. The molecule has 1 aromatic heterocycles. The van der Waals surface area contributed by atoms with Crippen LogP contribution in [0.25, 0.3) is 0 Å². The maximum absolute atomic E-state index is 12.0. The molecule has 5 nitrogen and oxygen atoms in total. The van der Waals surface area contributed by atoms with Crippen molar-refractivity contribution in [2.24, 2.45) is 5.92 Å². The predicted octanol–water partition coefficient (Wildman–Crippen LogP) is 3.66. The Kier molecular flexibility index (Phi) is 6.09. The van der Waals surface area contributed by atoms with E-state index in [9.17, 15) is 4.79 Å². The summed E-state index contributed by atoms with van der Waals surface area (Å²) in [5.41, 5.74) is 1.03. The van der Waals surface area contributed by atoms with Gasteiger partial charge in [-0.25, -0.2) is 4.79 Å². The van der Waals surface area contributed by atoms with Gasteiger partial charge in [-0.1, -0.05) is 26.0 Å². The van der Waals surface area contributed by atoms with Gasteiger partial charge in [0.2, 0.25) is 0 Å². The van der Waals surface area contributed by atoms with E-state index in [1.165, 1.54) is 0 Å². The monoisotopic (exact) mass is 316 g/mol. The first-order chi connectivity index (χ1) is 11.0.